The summed E-state index contributed by atoms with van der Waals surface area (Å²) >= 11 is 5.29. The second kappa shape index (κ2) is 4.06. The Morgan fingerprint density at radius 1 is 1.40 bits per heavy atom. The molecule has 3 nitrogen and oxygen atoms in total. The summed E-state index contributed by atoms with van der Waals surface area (Å²) in [6.07, 6.45) is -4.77. The van der Waals surface area contributed by atoms with Gasteiger partial charge in [0.2, 0.25) is 0 Å². The van der Waals surface area contributed by atoms with Crippen molar-refractivity contribution in [3.63, 3.8) is 0 Å². The van der Waals surface area contributed by atoms with Crippen molar-refractivity contribution in [1.82, 2.24) is 0 Å². The highest BCUT2D eigenvalue weighted by Gasteiger charge is 2.40. The molecule has 0 spiro atoms. The maximum atomic E-state index is 12.5. The van der Waals surface area contributed by atoms with E-state index in [1.165, 1.54) is 6.07 Å². The Bertz CT molecular complexity index is 392. The summed E-state index contributed by atoms with van der Waals surface area (Å²) in [5, 5.41) is 10.4. The highest BCUT2D eigenvalue weighted by atomic mass is 35.5. The van der Waals surface area contributed by atoms with Gasteiger partial charge in [-0.2, -0.15) is 13.2 Å². The van der Waals surface area contributed by atoms with E-state index in [4.69, 9.17) is 11.6 Å². The van der Waals surface area contributed by atoms with Crippen LogP contribution in [0.3, 0.4) is 0 Å². The molecule has 0 aromatic heterocycles. The molecular formula is C8H5ClF3NO2. The first kappa shape index (κ1) is 11.8. The maximum absolute atomic E-state index is 12.5. The van der Waals surface area contributed by atoms with E-state index >= 15 is 0 Å². The van der Waals surface area contributed by atoms with Gasteiger partial charge in [0.15, 0.2) is 0 Å². The third-order valence-corrected chi connectivity index (χ3v) is 2.04. The Labute approximate surface area is 87.6 Å². The quantitative estimate of drug-likeness (QED) is 0.451. The Balaban J connectivity index is 3.47. The summed E-state index contributed by atoms with van der Waals surface area (Å²) in [5.41, 5.74) is -2.54. The van der Waals surface area contributed by atoms with Crippen molar-refractivity contribution in [1.29, 1.82) is 0 Å². The number of hydrogen-bond acceptors (Lipinski definition) is 2. The van der Waals surface area contributed by atoms with Crippen LogP contribution >= 0.6 is 11.6 Å². The minimum absolute atomic E-state index is 0.293. The first-order chi connectivity index (χ1) is 6.88. The van der Waals surface area contributed by atoms with E-state index < -0.39 is 28.2 Å². The molecule has 0 heterocycles. The molecule has 0 atom stereocenters. The van der Waals surface area contributed by atoms with Gasteiger partial charge in [0.05, 0.1) is 4.92 Å². The fourth-order valence-electron chi connectivity index (χ4n) is 1.18. The van der Waals surface area contributed by atoms with Gasteiger partial charge < -0.3 is 0 Å². The van der Waals surface area contributed by atoms with Gasteiger partial charge in [-0.3, -0.25) is 10.1 Å². The molecule has 15 heavy (non-hydrogen) atoms. The van der Waals surface area contributed by atoms with E-state index in [-0.39, 0.29) is 5.56 Å². The molecule has 0 aliphatic heterocycles. The van der Waals surface area contributed by atoms with Gasteiger partial charge >= 0.3 is 6.18 Å². The summed E-state index contributed by atoms with van der Waals surface area (Å²) in [6, 6.07) is 3.09. The number of benzene rings is 1. The smallest absolute Gasteiger partial charge is 0.258 e. The maximum Gasteiger partial charge on any atom is 0.423 e. The topological polar surface area (TPSA) is 43.1 Å². The fourth-order valence-corrected chi connectivity index (χ4v) is 1.40. The largest absolute Gasteiger partial charge is 0.423 e. The van der Waals surface area contributed by atoms with Crippen LogP contribution < -0.4 is 0 Å². The fraction of sp³-hybridized carbons (Fsp3) is 0.250. The van der Waals surface area contributed by atoms with Crippen LogP contribution in [-0.4, -0.2) is 4.92 Å². The molecular weight excluding hydrogens is 235 g/mol. The van der Waals surface area contributed by atoms with Crippen molar-refractivity contribution in [2.45, 2.75) is 12.1 Å². The first-order valence-corrected chi connectivity index (χ1v) is 4.31. The Kier molecular flexibility index (Phi) is 3.18. The monoisotopic (exact) mass is 239 g/mol. The van der Waals surface area contributed by atoms with Crippen LogP contribution in [0.25, 0.3) is 0 Å². The number of alkyl halides is 4. The average molecular weight is 240 g/mol. The Morgan fingerprint density at radius 2 is 2.00 bits per heavy atom. The molecule has 1 aromatic rings. The van der Waals surface area contributed by atoms with E-state index in [0.29, 0.717) is 0 Å². The van der Waals surface area contributed by atoms with Crippen molar-refractivity contribution in [3.8, 4) is 0 Å². The van der Waals surface area contributed by atoms with Crippen molar-refractivity contribution in [2.24, 2.45) is 0 Å². The molecule has 0 saturated heterocycles. The molecule has 1 rings (SSSR count). The highest BCUT2D eigenvalue weighted by molar-refractivity contribution is 6.17. The van der Waals surface area contributed by atoms with E-state index in [1.54, 1.807) is 0 Å². The summed E-state index contributed by atoms with van der Waals surface area (Å²) in [5.74, 6) is -0.420. The molecule has 0 unspecified atom stereocenters. The minimum Gasteiger partial charge on any atom is -0.258 e. The van der Waals surface area contributed by atoms with Crippen molar-refractivity contribution < 1.29 is 18.1 Å². The molecule has 7 heteroatoms. The van der Waals surface area contributed by atoms with Gasteiger partial charge in [-0.1, -0.05) is 12.1 Å². The van der Waals surface area contributed by atoms with E-state index in [2.05, 4.69) is 0 Å². The van der Waals surface area contributed by atoms with E-state index in [9.17, 15) is 23.3 Å². The average Bonchev–Trinajstić information content (AvgIpc) is 2.15. The predicted octanol–water partition coefficient (Wildman–Crippen LogP) is 3.35. The van der Waals surface area contributed by atoms with Crippen molar-refractivity contribution in [2.75, 3.05) is 0 Å². The van der Waals surface area contributed by atoms with Crippen molar-refractivity contribution in [3.05, 3.63) is 39.4 Å². The first-order valence-electron chi connectivity index (χ1n) is 3.77. The zero-order valence-corrected chi connectivity index (χ0v) is 7.97. The molecule has 0 radical (unpaired) electrons. The van der Waals surface area contributed by atoms with Gasteiger partial charge in [-0.25, -0.2) is 0 Å². The molecule has 0 aliphatic rings. The number of halogens is 4. The summed E-state index contributed by atoms with van der Waals surface area (Å²) in [6.45, 7) is 0. The van der Waals surface area contributed by atoms with E-state index in [0.717, 1.165) is 12.1 Å². The van der Waals surface area contributed by atoms with Crippen LogP contribution in [0, 0.1) is 10.1 Å². The lowest BCUT2D eigenvalue weighted by Crippen LogP contribution is -2.11. The standard InChI is InChI=1S/C8H5ClF3NO2/c9-4-5-2-1-3-6(13(14)15)7(5)8(10,11)12/h1-3H,4H2. The molecule has 0 fully saturated rings. The number of nitro benzene ring substituents is 1. The third kappa shape index (κ3) is 2.38. The Morgan fingerprint density at radius 3 is 2.40 bits per heavy atom. The number of nitro groups is 1. The number of nitrogens with zero attached hydrogens (tertiary/aromatic N) is 1. The summed E-state index contributed by atoms with van der Waals surface area (Å²) in [7, 11) is 0. The predicted molar refractivity (Wildman–Crippen MR) is 47.7 cm³/mol. The van der Waals surface area contributed by atoms with Crippen LogP contribution in [0.2, 0.25) is 0 Å². The molecule has 0 N–H and O–H groups in total. The molecule has 82 valence electrons. The highest BCUT2D eigenvalue weighted by Crippen LogP contribution is 2.38. The Hall–Kier alpha value is -1.30. The third-order valence-electron chi connectivity index (χ3n) is 1.75. The SMILES string of the molecule is O=[N+]([O-])c1cccc(CCl)c1C(F)(F)F. The number of rotatable bonds is 2. The van der Waals surface area contributed by atoms with Gasteiger partial charge in [0.25, 0.3) is 5.69 Å². The summed E-state index contributed by atoms with van der Waals surface area (Å²) < 4.78 is 37.5. The van der Waals surface area contributed by atoms with Crippen LogP contribution in [0.15, 0.2) is 18.2 Å². The van der Waals surface area contributed by atoms with Gasteiger partial charge in [0.1, 0.15) is 5.56 Å². The lowest BCUT2D eigenvalue weighted by atomic mass is 10.1. The van der Waals surface area contributed by atoms with E-state index in [1.807, 2.05) is 0 Å². The van der Waals surface area contributed by atoms with Crippen LogP contribution in [0.5, 0.6) is 0 Å². The molecule has 0 amide bonds. The molecule has 1 aromatic carbocycles. The van der Waals surface area contributed by atoms with Crippen LogP contribution in [0.1, 0.15) is 11.1 Å². The number of hydrogen-bond donors (Lipinski definition) is 0. The van der Waals surface area contributed by atoms with Crippen LogP contribution in [-0.2, 0) is 12.1 Å². The molecule has 0 bridgehead atoms. The lowest BCUT2D eigenvalue weighted by molar-refractivity contribution is -0.388. The van der Waals surface area contributed by atoms with Gasteiger partial charge in [0, 0.05) is 11.9 Å². The molecule has 0 aliphatic carbocycles. The lowest BCUT2D eigenvalue weighted by Gasteiger charge is -2.10. The minimum atomic E-state index is -4.77. The van der Waals surface area contributed by atoms with Gasteiger partial charge in [-0.15, -0.1) is 11.6 Å². The van der Waals surface area contributed by atoms with Crippen molar-refractivity contribution >= 4 is 17.3 Å². The zero-order chi connectivity index (χ0) is 11.6. The normalized spacial score (nSPS) is 11.5. The molecule has 0 saturated carbocycles. The second-order valence-corrected chi connectivity index (χ2v) is 2.97. The van der Waals surface area contributed by atoms with Gasteiger partial charge in [-0.05, 0) is 5.56 Å². The second-order valence-electron chi connectivity index (χ2n) is 2.70. The zero-order valence-electron chi connectivity index (χ0n) is 7.21. The summed E-state index contributed by atoms with van der Waals surface area (Å²) in [4.78, 5) is 9.33. The van der Waals surface area contributed by atoms with Crippen LogP contribution in [0.4, 0.5) is 18.9 Å².